The monoisotopic (exact) mass is 406 g/mol. The predicted octanol–water partition coefficient (Wildman–Crippen LogP) is 2.96. The highest BCUT2D eigenvalue weighted by Crippen LogP contribution is 2.31. The van der Waals surface area contributed by atoms with Crippen molar-refractivity contribution in [1.29, 1.82) is 0 Å². The van der Waals surface area contributed by atoms with Crippen LogP contribution >= 0.6 is 11.8 Å². The second-order valence-electron chi connectivity index (χ2n) is 6.48. The maximum atomic E-state index is 12.5. The number of hydrogen-bond donors (Lipinski definition) is 2. The maximum absolute atomic E-state index is 12.5. The molecule has 0 bridgehead atoms. The number of hydrogen-bond acceptors (Lipinski definition) is 5. The Morgan fingerprint density at radius 2 is 1.86 bits per heavy atom. The number of carbonyl (C=O) groups is 3. The van der Waals surface area contributed by atoms with E-state index in [2.05, 4.69) is 15.3 Å². The number of para-hydroxylation sites is 2. The molecular weight excluding hydrogens is 388 g/mol. The van der Waals surface area contributed by atoms with Gasteiger partial charge in [-0.05, 0) is 35.5 Å². The smallest absolute Gasteiger partial charge is 0.294 e. The van der Waals surface area contributed by atoms with E-state index in [-0.39, 0.29) is 12.5 Å². The molecule has 0 atom stereocenters. The largest absolute Gasteiger partial charge is 0.354 e. The predicted molar refractivity (Wildman–Crippen MR) is 112 cm³/mol. The first-order chi connectivity index (χ1) is 14.1. The van der Waals surface area contributed by atoms with Gasteiger partial charge in [-0.3, -0.25) is 19.3 Å². The summed E-state index contributed by atoms with van der Waals surface area (Å²) >= 11 is 0.845. The van der Waals surface area contributed by atoms with Crippen LogP contribution in [0.1, 0.15) is 11.4 Å². The number of imide groups is 1. The first kappa shape index (κ1) is 18.9. The van der Waals surface area contributed by atoms with Crippen LogP contribution in [0, 0.1) is 0 Å². The lowest BCUT2D eigenvalue weighted by Gasteiger charge is -2.12. The average Bonchev–Trinajstić information content (AvgIpc) is 3.24. The standard InChI is InChI=1S/C21H18N4O3S/c26-19(22-11-10-18-23-15-8-4-5-9-16(15)24-18)13-25-20(27)17(29-21(25)28)12-14-6-2-1-3-7-14/h1-9,12H,10-11,13H2,(H,22,26)(H,23,24)/b17-12+. The zero-order valence-electron chi connectivity index (χ0n) is 15.4. The molecule has 0 radical (unpaired) electrons. The highest BCUT2D eigenvalue weighted by Gasteiger charge is 2.36. The minimum atomic E-state index is -0.448. The maximum Gasteiger partial charge on any atom is 0.294 e. The Kier molecular flexibility index (Phi) is 5.44. The van der Waals surface area contributed by atoms with Crippen molar-refractivity contribution in [3.8, 4) is 0 Å². The number of benzene rings is 2. The number of thioether (sulfide) groups is 1. The molecule has 29 heavy (non-hydrogen) atoms. The van der Waals surface area contributed by atoms with E-state index in [9.17, 15) is 14.4 Å². The van der Waals surface area contributed by atoms with E-state index in [0.29, 0.717) is 17.9 Å². The van der Waals surface area contributed by atoms with Crippen molar-refractivity contribution < 1.29 is 14.4 Å². The minimum Gasteiger partial charge on any atom is -0.354 e. The molecule has 4 rings (SSSR count). The summed E-state index contributed by atoms with van der Waals surface area (Å²) in [6, 6.07) is 17.0. The van der Waals surface area contributed by atoms with Gasteiger partial charge in [-0.1, -0.05) is 42.5 Å². The van der Waals surface area contributed by atoms with Crippen molar-refractivity contribution >= 4 is 45.9 Å². The van der Waals surface area contributed by atoms with Gasteiger partial charge in [0.15, 0.2) is 0 Å². The molecule has 0 saturated carbocycles. The van der Waals surface area contributed by atoms with Crippen LogP contribution in [0.4, 0.5) is 4.79 Å². The third-order valence-electron chi connectivity index (χ3n) is 4.40. The second kappa shape index (κ2) is 8.32. The molecule has 1 saturated heterocycles. The van der Waals surface area contributed by atoms with Gasteiger partial charge in [-0.25, -0.2) is 4.98 Å². The Bertz CT molecular complexity index is 1070. The fourth-order valence-corrected chi connectivity index (χ4v) is 3.82. The van der Waals surface area contributed by atoms with E-state index < -0.39 is 11.1 Å². The third kappa shape index (κ3) is 4.38. The molecule has 1 aliphatic rings. The molecule has 2 heterocycles. The van der Waals surface area contributed by atoms with E-state index >= 15 is 0 Å². The first-order valence-electron chi connectivity index (χ1n) is 9.11. The first-order valence-corrected chi connectivity index (χ1v) is 9.92. The normalized spacial score (nSPS) is 15.4. The molecule has 146 valence electrons. The number of carbonyl (C=O) groups excluding carboxylic acids is 3. The van der Waals surface area contributed by atoms with Crippen molar-refractivity contribution in [3.63, 3.8) is 0 Å². The van der Waals surface area contributed by atoms with Crippen LogP contribution in [-0.2, 0) is 16.0 Å². The number of rotatable bonds is 6. The number of nitrogens with zero attached hydrogens (tertiary/aromatic N) is 2. The van der Waals surface area contributed by atoms with Crippen molar-refractivity contribution in [2.24, 2.45) is 0 Å². The number of nitrogens with one attached hydrogen (secondary N) is 2. The fraction of sp³-hybridized carbons (Fsp3) is 0.143. The van der Waals surface area contributed by atoms with Gasteiger partial charge in [-0.15, -0.1) is 0 Å². The number of fused-ring (bicyclic) bond motifs is 1. The van der Waals surface area contributed by atoms with Crippen LogP contribution in [0.2, 0.25) is 0 Å². The molecule has 0 unspecified atom stereocenters. The number of amides is 3. The van der Waals surface area contributed by atoms with Crippen LogP contribution in [0.3, 0.4) is 0 Å². The van der Waals surface area contributed by atoms with Crippen LogP contribution in [-0.4, -0.2) is 45.0 Å². The van der Waals surface area contributed by atoms with Gasteiger partial charge < -0.3 is 10.3 Å². The van der Waals surface area contributed by atoms with Gasteiger partial charge >= 0.3 is 0 Å². The quantitative estimate of drug-likeness (QED) is 0.614. The Labute approximate surface area is 171 Å². The number of H-pyrrole nitrogens is 1. The summed E-state index contributed by atoms with van der Waals surface area (Å²) in [5.74, 6) is -0.0656. The molecule has 2 aromatic carbocycles. The van der Waals surface area contributed by atoms with E-state index in [0.717, 1.165) is 39.1 Å². The van der Waals surface area contributed by atoms with Gasteiger partial charge in [-0.2, -0.15) is 0 Å². The molecular formula is C21H18N4O3S. The number of aromatic nitrogens is 2. The van der Waals surface area contributed by atoms with Gasteiger partial charge in [0.1, 0.15) is 12.4 Å². The molecule has 1 aromatic heterocycles. The topological polar surface area (TPSA) is 95.2 Å². The zero-order chi connectivity index (χ0) is 20.2. The molecule has 1 aliphatic heterocycles. The lowest BCUT2D eigenvalue weighted by Crippen LogP contribution is -2.40. The van der Waals surface area contributed by atoms with Crippen molar-refractivity contribution in [2.75, 3.05) is 13.1 Å². The van der Waals surface area contributed by atoms with Crippen molar-refractivity contribution in [1.82, 2.24) is 20.2 Å². The molecule has 3 amide bonds. The summed E-state index contributed by atoms with van der Waals surface area (Å²) in [5, 5.41) is 2.29. The molecule has 1 fully saturated rings. The van der Waals surface area contributed by atoms with E-state index in [1.807, 2.05) is 54.6 Å². The number of imidazole rings is 1. The van der Waals surface area contributed by atoms with Crippen LogP contribution in [0.5, 0.6) is 0 Å². The van der Waals surface area contributed by atoms with Crippen LogP contribution in [0.15, 0.2) is 59.5 Å². The van der Waals surface area contributed by atoms with Crippen molar-refractivity contribution in [2.45, 2.75) is 6.42 Å². The van der Waals surface area contributed by atoms with Crippen LogP contribution < -0.4 is 5.32 Å². The molecule has 8 heteroatoms. The van der Waals surface area contributed by atoms with Gasteiger partial charge in [0.25, 0.3) is 11.1 Å². The molecule has 0 spiro atoms. The van der Waals surface area contributed by atoms with E-state index in [1.54, 1.807) is 6.08 Å². The average molecular weight is 406 g/mol. The van der Waals surface area contributed by atoms with E-state index in [1.165, 1.54) is 0 Å². The lowest BCUT2D eigenvalue weighted by molar-refractivity contribution is -0.129. The Morgan fingerprint density at radius 3 is 2.66 bits per heavy atom. The summed E-state index contributed by atoms with van der Waals surface area (Å²) in [6.45, 7) is 0.0612. The van der Waals surface area contributed by atoms with Crippen molar-refractivity contribution in [3.05, 3.63) is 70.9 Å². The summed E-state index contributed by atoms with van der Waals surface area (Å²) in [5.41, 5.74) is 2.64. The third-order valence-corrected chi connectivity index (χ3v) is 5.30. The van der Waals surface area contributed by atoms with Crippen LogP contribution in [0.25, 0.3) is 17.1 Å². The SMILES string of the molecule is O=C(CN1C(=O)S/C(=C/c2ccccc2)C1=O)NCCc1nc2ccccc2[nH]1. The number of aromatic amines is 1. The summed E-state index contributed by atoms with van der Waals surface area (Å²) < 4.78 is 0. The Morgan fingerprint density at radius 1 is 1.10 bits per heavy atom. The minimum absolute atomic E-state index is 0.295. The summed E-state index contributed by atoms with van der Waals surface area (Å²) in [6.07, 6.45) is 2.18. The Hall–Kier alpha value is -3.39. The summed E-state index contributed by atoms with van der Waals surface area (Å²) in [4.78, 5) is 45.7. The second-order valence-corrected chi connectivity index (χ2v) is 7.47. The molecule has 0 aliphatic carbocycles. The van der Waals surface area contributed by atoms with E-state index in [4.69, 9.17) is 0 Å². The summed E-state index contributed by atoms with van der Waals surface area (Å²) in [7, 11) is 0. The fourth-order valence-electron chi connectivity index (χ4n) is 2.98. The molecule has 3 aromatic rings. The van der Waals surface area contributed by atoms with Gasteiger partial charge in [0.2, 0.25) is 5.91 Å². The molecule has 2 N–H and O–H groups in total. The van der Waals surface area contributed by atoms with Gasteiger partial charge in [0.05, 0.1) is 15.9 Å². The van der Waals surface area contributed by atoms with Gasteiger partial charge in [0, 0.05) is 13.0 Å². The highest BCUT2D eigenvalue weighted by atomic mass is 32.2. The zero-order valence-corrected chi connectivity index (χ0v) is 16.2. The Balaban J connectivity index is 1.31. The molecule has 7 nitrogen and oxygen atoms in total. The lowest BCUT2D eigenvalue weighted by atomic mass is 10.2. The highest BCUT2D eigenvalue weighted by molar-refractivity contribution is 8.18.